The maximum Gasteiger partial charge on any atom is 0.292 e. The van der Waals surface area contributed by atoms with Crippen LogP contribution >= 0.6 is 50.7 Å². The zero-order valence-electron chi connectivity index (χ0n) is 13.3. The van der Waals surface area contributed by atoms with Crippen molar-refractivity contribution in [2.24, 2.45) is 0 Å². The number of carbonyl (C=O) groups is 1. The van der Waals surface area contributed by atoms with Crippen molar-refractivity contribution in [1.29, 1.82) is 0 Å². The normalized spacial score (nSPS) is 11.1. The zero-order valence-corrected chi connectivity index (χ0v) is 17.2. The minimum Gasteiger partial charge on any atom is -0.444 e. The molecule has 9 heteroatoms. The summed E-state index contributed by atoms with van der Waals surface area (Å²) >= 11 is 21.6. The summed E-state index contributed by atoms with van der Waals surface area (Å²) in [7, 11) is 0. The second kappa shape index (κ2) is 7.20. The first kappa shape index (κ1) is 18.4. The molecule has 0 aliphatic rings. The van der Waals surface area contributed by atoms with E-state index in [0.717, 1.165) is 0 Å². The molecule has 4 aromatic rings. The largest absolute Gasteiger partial charge is 0.444 e. The fourth-order valence-corrected chi connectivity index (χ4v) is 3.41. The predicted molar refractivity (Wildman–Crippen MR) is 110 cm³/mol. The van der Waals surface area contributed by atoms with Crippen molar-refractivity contribution in [2.45, 2.75) is 0 Å². The topological polar surface area (TPSA) is 59.5 Å². The van der Waals surface area contributed by atoms with Crippen LogP contribution in [0.2, 0.25) is 15.1 Å². The molecule has 0 atom stereocenters. The van der Waals surface area contributed by atoms with Gasteiger partial charge in [0.15, 0.2) is 16.1 Å². The standard InChI is InChI=1S/C18H9BrCl3N3O2/c19-14-6-5-13(27-14)18(26)24-17-15(9-3-4-10(20)12(22)8-9)23-16-11(21)2-1-7-25(16)17/h1-8H,(H,24,26). The van der Waals surface area contributed by atoms with Gasteiger partial charge in [-0.25, -0.2) is 4.98 Å². The van der Waals surface area contributed by atoms with Gasteiger partial charge >= 0.3 is 0 Å². The van der Waals surface area contributed by atoms with E-state index in [1.807, 2.05) is 0 Å². The van der Waals surface area contributed by atoms with Gasteiger partial charge in [-0.1, -0.05) is 40.9 Å². The first-order valence-corrected chi connectivity index (χ1v) is 9.55. The Morgan fingerprint density at radius 2 is 1.89 bits per heavy atom. The predicted octanol–water partition coefficient (Wildman–Crippen LogP) is 6.57. The fourth-order valence-electron chi connectivity index (χ4n) is 2.60. The first-order valence-electron chi connectivity index (χ1n) is 7.62. The Labute approximate surface area is 177 Å². The van der Waals surface area contributed by atoms with Gasteiger partial charge in [-0.2, -0.15) is 0 Å². The highest BCUT2D eigenvalue weighted by molar-refractivity contribution is 9.10. The van der Waals surface area contributed by atoms with E-state index < -0.39 is 5.91 Å². The molecule has 0 aliphatic carbocycles. The number of hydrogen-bond donors (Lipinski definition) is 1. The molecule has 1 aromatic carbocycles. The highest BCUT2D eigenvalue weighted by Gasteiger charge is 2.20. The van der Waals surface area contributed by atoms with Crippen LogP contribution in [0.15, 0.2) is 57.7 Å². The van der Waals surface area contributed by atoms with Crippen LogP contribution in [0.5, 0.6) is 0 Å². The maximum atomic E-state index is 12.6. The second-order valence-corrected chi connectivity index (χ2v) is 7.55. The number of nitrogens with one attached hydrogen (secondary N) is 1. The van der Waals surface area contributed by atoms with Crippen molar-refractivity contribution < 1.29 is 9.21 Å². The van der Waals surface area contributed by atoms with Crippen LogP contribution in [-0.2, 0) is 0 Å². The number of amides is 1. The molecule has 0 fully saturated rings. The Balaban J connectivity index is 1.87. The number of pyridine rings is 1. The van der Waals surface area contributed by atoms with E-state index in [2.05, 4.69) is 26.2 Å². The highest BCUT2D eigenvalue weighted by Crippen LogP contribution is 2.34. The van der Waals surface area contributed by atoms with Gasteiger partial charge < -0.3 is 9.73 Å². The number of furan rings is 1. The Hall–Kier alpha value is -1.99. The van der Waals surface area contributed by atoms with Crippen molar-refractivity contribution in [3.8, 4) is 11.3 Å². The molecular weight excluding hydrogens is 476 g/mol. The van der Waals surface area contributed by atoms with Gasteiger partial charge in [0.25, 0.3) is 5.91 Å². The van der Waals surface area contributed by atoms with Gasteiger partial charge in [-0.05, 0) is 52.3 Å². The molecule has 1 N–H and O–H groups in total. The number of nitrogens with zero attached hydrogens (tertiary/aromatic N) is 2. The molecule has 27 heavy (non-hydrogen) atoms. The van der Waals surface area contributed by atoms with Crippen LogP contribution in [0.25, 0.3) is 16.9 Å². The van der Waals surface area contributed by atoms with E-state index in [1.54, 1.807) is 53.1 Å². The number of anilines is 1. The molecular formula is C18H9BrCl3N3O2. The summed E-state index contributed by atoms with van der Waals surface area (Å²) in [5.74, 6) is 0.158. The minimum atomic E-state index is -0.427. The molecule has 3 heterocycles. The van der Waals surface area contributed by atoms with Crippen LogP contribution in [0.4, 0.5) is 5.82 Å². The summed E-state index contributed by atoms with van der Waals surface area (Å²) in [5.41, 5.74) is 1.68. The van der Waals surface area contributed by atoms with Crippen molar-refractivity contribution in [2.75, 3.05) is 5.32 Å². The van der Waals surface area contributed by atoms with Crippen molar-refractivity contribution in [3.05, 3.63) is 74.2 Å². The average molecular weight is 486 g/mol. The number of aromatic nitrogens is 2. The van der Waals surface area contributed by atoms with Gasteiger partial charge in [-0.3, -0.25) is 9.20 Å². The molecule has 136 valence electrons. The van der Waals surface area contributed by atoms with Gasteiger partial charge in [-0.15, -0.1) is 0 Å². The summed E-state index contributed by atoms with van der Waals surface area (Å²) < 4.78 is 7.47. The molecule has 0 unspecified atom stereocenters. The quantitative estimate of drug-likeness (QED) is 0.357. The maximum absolute atomic E-state index is 12.6. The zero-order chi connectivity index (χ0) is 19.1. The molecule has 1 amide bonds. The molecule has 4 rings (SSSR count). The van der Waals surface area contributed by atoms with Gasteiger partial charge in [0.05, 0.1) is 15.1 Å². The number of fused-ring (bicyclic) bond motifs is 1. The second-order valence-electron chi connectivity index (χ2n) is 5.55. The van der Waals surface area contributed by atoms with Crippen molar-refractivity contribution in [3.63, 3.8) is 0 Å². The smallest absolute Gasteiger partial charge is 0.292 e. The lowest BCUT2D eigenvalue weighted by molar-refractivity contribution is 0.0995. The number of rotatable bonds is 3. The summed E-state index contributed by atoms with van der Waals surface area (Å²) in [6, 6.07) is 11.8. The van der Waals surface area contributed by atoms with Gasteiger partial charge in [0.1, 0.15) is 11.5 Å². The Kier molecular flexibility index (Phi) is 4.90. The van der Waals surface area contributed by atoms with Gasteiger partial charge in [0, 0.05) is 11.8 Å². The number of benzene rings is 1. The minimum absolute atomic E-state index is 0.152. The molecule has 0 aliphatic heterocycles. The van der Waals surface area contributed by atoms with Crippen LogP contribution in [0.3, 0.4) is 0 Å². The Bertz CT molecular complexity index is 1190. The Morgan fingerprint density at radius 3 is 2.59 bits per heavy atom. The first-order chi connectivity index (χ1) is 12.9. The third kappa shape index (κ3) is 3.46. The molecule has 0 saturated carbocycles. The molecule has 0 spiro atoms. The van der Waals surface area contributed by atoms with Crippen molar-refractivity contribution in [1.82, 2.24) is 9.38 Å². The average Bonchev–Trinajstić information content (AvgIpc) is 3.23. The highest BCUT2D eigenvalue weighted by atomic mass is 79.9. The fraction of sp³-hybridized carbons (Fsp3) is 0. The summed E-state index contributed by atoms with van der Waals surface area (Å²) in [6.45, 7) is 0. The summed E-state index contributed by atoms with van der Waals surface area (Å²) in [4.78, 5) is 17.2. The van der Waals surface area contributed by atoms with Crippen LogP contribution in [0, 0.1) is 0 Å². The Morgan fingerprint density at radius 1 is 1.07 bits per heavy atom. The SMILES string of the molecule is O=C(Nc1c(-c2ccc(Cl)c(Cl)c2)nc2c(Cl)cccn12)c1ccc(Br)o1. The van der Waals surface area contributed by atoms with Crippen LogP contribution < -0.4 is 5.32 Å². The number of hydrogen-bond acceptors (Lipinski definition) is 3. The number of halogens is 4. The molecule has 0 bridgehead atoms. The lowest BCUT2D eigenvalue weighted by Gasteiger charge is -2.07. The van der Waals surface area contributed by atoms with Crippen LogP contribution in [-0.4, -0.2) is 15.3 Å². The van der Waals surface area contributed by atoms with Crippen LogP contribution in [0.1, 0.15) is 10.6 Å². The third-order valence-corrected chi connectivity index (χ3v) is 5.28. The van der Waals surface area contributed by atoms with Gasteiger partial charge in [0.2, 0.25) is 0 Å². The summed E-state index contributed by atoms with van der Waals surface area (Å²) in [5, 5.41) is 4.08. The lowest BCUT2D eigenvalue weighted by atomic mass is 10.1. The number of carbonyl (C=O) groups excluding carboxylic acids is 1. The van der Waals surface area contributed by atoms with E-state index in [4.69, 9.17) is 39.2 Å². The molecule has 0 radical (unpaired) electrons. The van der Waals surface area contributed by atoms with E-state index in [9.17, 15) is 4.79 Å². The van der Waals surface area contributed by atoms with E-state index in [-0.39, 0.29) is 5.76 Å². The lowest BCUT2D eigenvalue weighted by Crippen LogP contribution is -2.13. The molecule has 0 saturated heterocycles. The molecule has 3 aromatic heterocycles. The van der Waals surface area contributed by atoms with E-state index in [1.165, 1.54) is 0 Å². The van der Waals surface area contributed by atoms with E-state index in [0.29, 0.717) is 42.5 Å². The van der Waals surface area contributed by atoms with E-state index >= 15 is 0 Å². The number of imidazole rings is 1. The van der Waals surface area contributed by atoms with Crippen molar-refractivity contribution >= 4 is 68.1 Å². The third-order valence-electron chi connectivity index (χ3n) is 3.82. The molecule has 5 nitrogen and oxygen atoms in total. The summed E-state index contributed by atoms with van der Waals surface area (Å²) in [6.07, 6.45) is 1.75. The monoisotopic (exact) mass is 483 g/mol.